The van der Waals surface area contributed by atoms with E-state index in [0.29, 0.717) is 30.0 Å². The third-order valence-corrected chi connectivity index (χ3v) is 6.72. The Hall–Kier alpha value is -3.22. The molecule has 2 aliphatic rings. The Bertz CT molecular complexity index is 1040. The Balaban J connectivity index is 1.10. The largest absolute Gasteiger partial charge is 0.350 e. The number of rotatable bonds is 5. The van der Waals surface area contributed by atoms with Crippen LogP contribution in [0.5, 0.6) is 0 Å². The molecule has 5 rings (SSSR count). The molecule has 1 saturated heterocycles. The zero-order chi connectivity index (χ0) is 20.6. The molecule has 1 spiro atoms. The van der Waals surface area contributed by atoms with Crippen LogP contribution in [0.3, 0.4) is 0 Å². The second-order valence-electron chi connectivity index (χ2n) is 8.54. The summed E-state index contributed by atoms with van der Waals surface area (Å²) < 4.78 is 0. The van der Waals surface area contributed by atoms with Crippen molar-refractivity contribution in [1.29, 1.82) is 0 Å². The van der Waals surface area contributed by atoms with Crippen molar-refractivity contribution in [3.8, 4) is 0 Å². The van der Waals surface area contributed by atoms with E-state index in [4.69, 9.17) is 0 Å². The number of H-pyrrole nitrogens is 1. The predicted molar refractivity (Wildman–Crippen MR) is 113 cm³/mol. The number of pyridine rings is 2. The summed E-state index contributed by atoms with van der Waals surface area (Å²) in [6, 6.07) is 7.52. The first-order valence-corrected chi connectivity index (χ1v) is 10.5. The molecule has 0 aromatic carbocycles. The van der Waals surface area contributed by atoms with Gasteiger partial charge in [-0.2, -0.15) is 0 Å². The first-order valence-electron chi connectivity index (χ1n) is 10.5. The molecule has 2 amide bonds. The van der Waals surface area contributed by atoms with E-state index in [1.54, 1.807) is 24.8 Å². The molecule has 4 heterocycles. The van der Waals surface area contributed by atoms with E-state index in [1.807, 2.05) is 29.2 Å². The highest BCUT2D eigenvalue weighted by Crippen LogP contribution is 2.59. The van der Waals surface area contributed by atoms with Crippen LogP contribution in [0.2, 0.25) is 0 Å². The molecule has 30 heavy (non-hydrogen) atoms. The minimum atomic E-state index is -0.0719. The third kappa shape index (κ3) is 3.67. The van der Waals surface area contributed by atoms with Gasteiger partial charge < -0.3 is 15.2 Å². The molecule has 1 aliphatic heterocycles. The summed E-state index contributed by atoms with van der Waals surface area (Å²) in [6.45, 7) is 2.30. The van der Waals surface area contributed by atoms with Crippen molar-refractivity contribution in [2.75, 3.05) is 19.6 Å². The van der Waals surface area contributed by atoms with Crippen molar-refractivity contribution in [3.63, 3.8) is 0 Å². The Morgan fingerprint density at radius 2 is 2.00 bits per heavy atom. The van der Waals surface area contributed by atoms with Gasteiger partial charge in [0.25, 0.3) is 5.91 Å². The number of hydrogen-bond donors (Lipinski definition) is 2. The summed E-state index contributed by atoms with van der Waals surface area (Å²) >= 11 is 0. The maximum absolute atomic E-state index is 12.6. The number of amides is 2. The van der Waals surface area contributed by atoms with Crippen molar-refractivity contribution in [1.82, 2.24) is 25.2 Å². The lowest BCUT2D eigenvalue weighted by Gasteiger charge is -2.33. The second-order valence-corrected chi connectivity index (χ2v) is 8.54. The van der Waals surface area contributed by atoms with Gasteiger partial charge in [0.15, 0.2) is 0 Å². The maximum Gasteiger partial charge on any atom is 0.267 e. The van der Waals surface area contributed by atoms with Crippen LogP contribution in [0, 0.1) is 11.3 Å². The summed E-state index contributed by atoms with van der Waals surface area (Å²) in [4.78, 5) is 38.4. The molecular weight excluding hydrogens is 378 g/mol. The summed E-state index contributed by atoms with van der Waals surface area (Å²) in [7, 11) is 0. The number of carbonyl (C=O) groups is 2. The van der Waals surface area contributed by atoms with Gasteiger partial charge in [0, 0.05) is 55.3 Å². The Morgan fingerprint density at radius 3 is 2.77 bits per heavy atom. The van der Waals surface area contributed by atoms with Gasteiger partial charge >= 0.3 is 0 Å². The van der Waals surface area contributed by atoms with Gasteiger partial charge in [-0.3, -0.25) is 19.6 Å². The van der Waals surface area contributed by atoms with Crippen LogP contribution in [0.15, 0.2) is 49.1 Å². The molecule has 1 aliphatic carbocycles. The normalized spacial score (nSPS) is 19.7. The number of piperidine rings is 1. The number of likely N-dealkylation sites (tertiary alicyclic amines) is 1. The fraction of sp³-hybridized carbons (Fsp3) is 0.391. The van der Waals surface area contributed by atoms with Crippen molar-refractivity contribution >= 4 is 22.7 Å². The molecule has 1 saturated carbocycles. The van der Waals surface area contributed by atoms with Crippen LogP contribution in [0.1, 0.15) is 35.3 Å². The number of fused-ring (bicyclic) bond motifs is 1. The molecule has 7 nitrogen and oxygen atoms in total. The van der Waals surface area contributed by atoms with E-state index >= 15 is 0 Å². The Kier molecular flexibility index (Phi) is 4.73. The lowest BCUT2D eigenvalue weighted by atomic mass is 9.90. The van der Waals surface area contributed by atoms with Crippen molar-refractivity contribution in [2.45, 2.75) is 25.7 Å². The Labute approximate surface area is 174 Å². The molecule has 1 atom stereocenters. The smallest absolute Gasteiger partial charge is 0.267 e. The highest BCUT2D eigenvalue weighted by Gasteiger charge is 2.54. The van der Waals surface area contributed by atoms with Gasteiger partial charge in [0.1, 0.15) is 5.69 Å². The van der Waals surface area contributed by atoms with Gasteiger partial charge in [-0.05, 0) is 54.4 Å². The van der Waals surface area contributed by atoms with Gasteiger partial charge in [-0.1, -0.05) is 6.07 Å². The molecule has 154 valence electrons. The van der Waals surface area contributed by atoms with E-state index in [1.165, 1.54) is 0 Å². The van der Waals surface area contributed by atoms with Crippen LogP contribution in [0.25, 0.3) is 10.9 Å². The molecule has 7 heteroatoms. The standard InChI is InChI=1S/C23H25N5O2/c29-21(10-16-2-1-6-24-13-16)28-8-4-23(5-9-28)12-18(23)15-26-22(30)20-11-17-14-25-7-3-19(17)27-20/h1-3,6-7,11,13-14,18,27H,4-5,8-10,12,15H2,(H,26,30). The monoisotopic (exact) mass is 403 g/mol. The Morgan fingerprint density at radius 1 is 1.17 bits per heavy atom. The third-order valence-electron chi connectivity index (χ3n) is 6.72. The molecule has 2 N–H and O–H groups in total. The minimum Gasteiger partial charge on any atom is -0.350 e. The van der Waals surface area contributed by atoms with Gasteiger partial charge in [0.05, 0.1) is 6.42 Å². The van der Waals surface area contributed by atoms with Gasteiger partial charge in [-0.25, -0.2) is 0 Å². The van der Waals surface area contributed by atoms with Crippen LogP contribution in [-0.2, 0) is 11.2 Å². The maximum atomic E-state index is 12.6. The van der Waals surface area contributed by atoms with E-state index in [0.717, 1.165) is 48.8 Å². The highest BCUT2D eigenvalue weighted by molar-refractivity contribution is 5.97. The topological polar surface area (TPSA) is 91.0 Å². The fourth-order valence-electron chi connectivity index (χ4n) is 4.73. The number of nitrogens with zero attached hydrogens (tertiary/aromatic N) is 3. The SMILES string of the molecule is O=C(NCC1CC12CCN(C(=O)Cc1cccnc1)CC2)c1cc2cnccc2[nH]1. The van der Waals surface area contributed by atoms with Crippen LogP contribution >= 0.6 is 0 Å². The number of hydrogen-bond acceptors (Lipinski definition) is 4. The first kappa shape index (κ1) is 18.8. The minimum absolute atomic E-state index is 0.0719. The quantitative estimate of drug-likeness (QED) is 0.685. The van der Waals surface area contributed by atoms with Crippen LogP contribution < -0.4 is 5.32 Å². The summed E-state index contributed by atoms with van der Waals surface area (Å²) in [5, 5.41) is 4.02. The number of nitrogens with one attached hydrogen (secondary N) is 2. The molecule has 3 aromatic rings. The molecular formula is C23H25N5O2. The molecule has 2 fully saturated rings. The summed E-state index contributed by atoms with van der Waals surface area (Å²) in [6.07, 6.45) is 10.5. The predicted octanol–water partition coefficient (Wildman–Crippen LogP) is 2.56. The summed E-state index contributed by atoms with van der Waals surface area (Å²) in [5.41, 5.74) is 2.75. The zero-order valence-corrected chi connectivity index (χ0v) is 16.8. The lowest BCUT2D eigenvalue weighted by Crippen LogP contribution is -2.41. The van der Waals surface area contributed by atoms with Crippen molar-refractivity contribution in [2.24, 2.45) is 11.3 Å². The number of aromatic amines is 1. The lowest BCUT2D eigenvalue weighted by molar-refractivity contribution is -0.132. The number of carbonyl (C=O) groups excluding carboxylic acids is 2. The van der Waals surface area contributed by atoms with E-state index in [2.05, 4.69) is 20.3 Å². The van der Waals surface area contributed by atoms with E-state index < -0.39 is 0 Å². The summed E-state index contributed by atoms with van der Waals surface area (Å²) in [5.74, 6) is 0.608. The average molecular weight is 403 g/mol. The molecule has 0 bridgehead atoms. The first-order chi connectivity index (χ1) is 14.6. The van der Waals surface area contributed by atoms with Crippen molar-refractivity contribution in [3.05, 3.63) is 60.3 Å². The van der Waals surface area contributed by atoms with Gasteiger partial charge in [-0.15, -0.1) is 0 Å². The molecule has 1 unspecified atom stereocenters. The van der Waals surface area contributed by atoms with Gasteiger partial charge in [0.2, 0.25) is 5.91 Å². The zero-order valence-electron chi connectivity index (χ0n) is 16.8. The molecule has 3 aromatic heterocycles. The van der Waals surface area contributed by atoms with E-state index in [9.17, 15) is 9.59 Å². The number of aromatic nitrogens is 3. The average Bonchev–Trinajstić information content (AvgIpc) is 3.25. The highest BCUT2D eigenvalue weighted by atomic mass is 16.2. The van der Waals surface area contributed by atoms with Crippen molar-refractivity contribution < 1.29 is 9.59 Å². The fourth-order valence-corrected chi connectivity index (χ4v) is 4.73. The van der Waals surface area contributed by atoms with Crippen LogP contribution in [-0.4, -0.2) is 51.3 Å². The second kappa shape index (κ2) is 7.55. The van der Waals surface area contributed by atoms with Crippen LogP contribution in [0.4, 0.5) is 0 Å². The molecule has 0 radical (unpaired) electrons. The van der Waals surface area contributed by atoms with E-state index in [-0.39, 0.29) is 11.8 Å².